The molecule has 0 spiro atoms. The molecule has 0 radical (unpaired) electrons. The van der Waals surface area contributed by atoms with Crippen LogP contribution < -0.4 is 9.47 Å². The number of benzene rings is 2. The molecule has 0 saturated heterocycles. The predicted molar refractivity (Wildman–Crippen MR) is 101 cm³/mol. The Balaban J connectivity index is 1.65. The first-order valence-electron chi connectivity index (χ1n) is 8.25. The molecule has 1 N–H and O–H groups in total. The molecule has 1 aliphatic rings. The van der Waals surface area contributed by atoms with Crippen LogP contribution in [0.1, 0.15) is 15.9 Å². The Morgan fingerprint density at radius 2 is 1.81 bits per heavy atom. The minimum absolute atomic E-state index is 0.198. The number of aromatic nitrogens is 1. The number of para-hydroxylation sites is 1. The molecule has 4 rings (SSSR count). The minimum Gasteiger partial charge on any atom is -0.478 e. The summed E-state index contributed by atoms with van der Waals surface area (Å²) >= 11 is 0. The first-order valence-corrected chi connectivity index (χ1v) is 8.25. The molecule has 0 aliphatic carbocycles. The third kappa shape index (κ3) is 3.32. The first-order chi connectivity index (χ1) is 13.1. The summed E-state index contributed by atoms with van der Waals surface area (Å²) in [6.45, 7) is 0.198. The van der Waals surface area contributed by atoms with E-state index in [1.165, 1.54) is 16.7 Å². The largest absolute Gasteiger partial charge is 0.478 e. The number of carbonyl (C=O) groups excluding carboxylic acids is 1. The van der Waals surface area contributed by atoms with E-state index in [2.05, 4.69) is 0 Å². The monoisotopic (exact) mass is 361 g/mol. The summed E-state index contributed by atoms with van der Waals surface area (Å²) in [5.74, 6) is 0.0570. The second kappa shape index (κ2) is 6.84. The van der Waals surface area contributed by atoms with E-state index in [9.17, 15) is 9.59 Å². The molecule has 27 heavy (non-hydrogen) atoms. The number of nitrogens with zero attached hydrogens (tertiary/aromatic N) is 1. The van der Waals surface area contributed by atoms with Gasteiger partial charge in [-0.25, -0.2) is 4.79 Å². The Labute approximate surface area is 154 Å². The van der Waals surface area contributed by atoms with E-state index in [4.69, 9.17) is 14.6 Å². The highest BCUT2D eigenvalue weighted by Crippen LogP contribution is 2.32. The second-order valence-corrected chi connectivity index (χ2v) is 5.93. The van der Waals surface area contributed by atoms with Crippen LogP contribution in [0.2, 0.25) is 0 Å². The van der Waals surface area contributed by atoms with Gasteiger partial charge in [0, 0.05) is 29.3 Å². The lowest BCUT2D eigenvalue weighted by atomic mass is 10.1. The normalized spacial score (nSPS) is 13.0. The van der Waals surface area contributed by atoms with Crippen LogP contribution in [-0.2, 0) is 4.79 Å². The van der Waals surface area contributed by atoms with E-state index in [1.807, 2.05) is 30.3 Å². The number of hydrogen-bond donors (Lipinski definition) is 1. The minimum atomic E-state index is -1.04. The molecule has 0 amide bonds. The van der Waals surface area contributed by atoms with Gasteiger partial charge in [0.1, 0.15) is 0 Å². The van der Waals surface area contributed by atoms with Crippen LogP contribution in [0.3, 0.4) is 0 Å². The summed E-state index contributed by atoms with van der Waals surface area (Å²) < 4.78 is 12.1. The number of carbonyl (C=O) groups is 2. The summed E-state index contributed by atoms with van der Waals surface area (Å²) in [6, 6.07) is 12.8. The van der Waals surface area contributed by atoms with Gasteiger partial charge in [-0.15, -0.1) is 0 Å². The van der Waals surface area contributed by atoms with Crippen molar-refractivity contribution in [3.8, 4) is 11.5 Å². The molecule has 2 aromatic carbocycles. The highest BCUT2D eigenvalue weighted by atomic mass is 16.7. The van der Waals surface area contributed by atoms with Crippen LogP contribution in [-0.4, -0.2) is 28.3 Å². The zero-order valence-corrected chi connectivity index (χ0v) is 14.2. The van der Waals surface area contributed by atoms with Gasteiger partial charge >= 0.3 is 5.97 Å². The Bertz CT molecular complexity index is 1110. The van der Waals surface area contributed by atoms with E-state index < -0.39 is 5.97 Å². The molecule has 0 fully saturated rings. The molecule has 0 unspecified atom stereocenters. The maximum atomic E-state index is 12.7. The molecular weight excluding hydrogens is 346 g/mol. The van der Waals surface area contributed by atoms with Crippen molar-refractivity contribution in [1.82, 2.24) is 4.57 Å². The van der Waals surface area contributed by atoms with Crippen LogP contribution in [0.15, 0.2) is 60.8 Å². The number of hydrogen-bond acceptors (Lipinski definition) is 4. The van der Waals surface area contributed by atoms with Gasteiger partial charge in [0.05, 0.1) is 5.52 Å². The number of aliphatic carboxylic acids is 1. The van der Waals surface area contributed by atoms with Gasteiger partial charge in [-0.05, 0) is 35.9 Å². The molecule has 6 nitrogen and oxygen atoms in total. The lowest BCUT2D eigenvalue weighted by molar-refractivity contribution is -0.131. The number of ether oxygens (including phenoxy) is 2. The van der Waals surface area contributed by atoms with Gasteiger partial charge in [-0.1, -0.05) is 24.3 Å². The molecule has 0 atom stereocenters. The fraction of sp³-hybridized carbons (Fsp3) is 0.0476. The van der Waals surface area contributed by atoms with Gasteiger partial charge in [0.25, 0.3) is 5.91 Å². The zero-order valence-electron chi connectivity index (χ0n) is 14.2. The van der Waals surface area contributed by atoms with Gasteiger partial charge < -0.3 is 14.6 Å². The maximum Gasteiger partial charge on any atom is 0.328 e. The standard InChI is InChI=1S/C21H15NO5/c23-20(9-6-14-5-8-18-19(11-14)27-13-26-18)22-12-15(7-10-21(24)25)16-3-1-2-4-17(16)22/h1-12H,13H2,(H,24,25)/b9-6+,10-7+. The highest BCUT2D eigenvalue weighted by Gasteiger charge is 2.13. The van der Waals surface area contributed by atoms with E-state index in [-0.39, 0.29) is 12.7 Å². The first kappa shape index (κ1) is 16.7. The number of carboxylic acid groups (broad SMARTS) is 1. The summed E-state index contributed by atoms with van der Waals surface area (Å²) in [5, 5.41) is 9.65. The van der Waals surface area contributed by atoms with Gasteiger partial charge in [-0.2, -0.15) is 0 Å². The van der Waals surface area contributed by atoms with Crippen LogP contribution in [0.25, 0.3) is 23.1 Å². The average Bonchev–Trinajstić information content (AvgIpc) is 3.28. The summed E-state index contributed by atoms with van der Waals surface area (Å²) in [5.41, 5.74) is 2.19. The van der Waals surface area contributed by atoms with Crippen molar-refractivity contribution in [3.63, 3.8) is 0 Å². The number of fused-ring (bicyclic) bond motifs is 2. The molecule has 1 aliphatic heterocycles. The molecule has 0 saturated carbocycles. The lowest BCUT2D eigenvalue weighted by Crippen LogP contribution is -2.05. The fourth-order valence-electron chi connectivity index (χ4n) is 2.95. The van der Waals surface area contributed by atoms with Gasteiger partial charge in [0.2, 0.25) is 6.79 Å². The molecular formula is C21H15NO5. The van der Waals surface area contributed by atoms with Crippen LogP contribution in [0.4, 0.5) is 0 Å². The van der Waals surface area contributed by atoms with E-state index in [0.717, 1.165) is 17.0 Å². The van der Waals surface area contributed by atoms with Crippen molar-refractivity contribution in [2.45, 2.75) is 0 Å². The second-order valence-electron chi connectivity index (χ2n) is 5.93. The number of allylic oxidation sites excluding steroid dienone is 1. The van der Waals surface area contributed by atoms with Crippen molar-refractivity contribution >= 4 is 34.9 Å². The predicted octanol–water partition coefficient (Wildman–Crippen LogP) is 3.82. The maximum absolute atomic E-state index is 12.7. The molecule has 2 heterocycles. The third-order valence-electron chi connectivity index (χ3n) is 4.20. The third-order valence-corrected chi connectivity index (χ3v) is 4.20. The van der Waals surface area contributed by atoms with Gasteiger partial charge in [-0.3, -0.25) is 9.36 Å². The molecule has 134 valence electrons. The van der Waals surface area contributed by atoms with Crippen molar-refractivity contribution < 1.29 is 24.2 Å². The smallest absolute Gasteiger partial charge is 0.328 e. The van der Waals surface area contributed by atoms with Crippen LogP contribution in [0, 0.1) is 0 Å². The SMILES string of the molecule is O=C(O)/C=C/c1cn(C(=O)/C=C/c2ccc3c(c2)OCO3)c2ccccc12. The average molecular weight is 361 g/mol. The zero-order chi connectivity index (χ0) is 18.8. The summed E-state index contributed by atoms with van der Waals surface area (Å²) in [7, 11) is 0. The van der Waals surface area contributed by atoms with Crippen molar-refractivity contribution in [2.24, 2.45) is 0 Å². The fourth-order valence-corrected chi connectivity index (χ4v) is 2.95. The topological polar surface area (TPSA) is 77.8 Å². The van der Waals surface area contributed by atoms with E-state index >= 15 is 0 Å². The Morgan fingerprint density at radius 3 is 2.67 bits per heavy atom. The Kier molecular flexibility index (Phi) is 4.22. The highest BCUT2D eigenvalue weighted by molar-refractivity contribution is 6.03. The molecule has 3 aromatic rings. The molecule has 0 bridgehead atoms. The number of rotatable bonds is 4. The van der Waals surface area contributed by atoms with Crippen LogP contribution >= 0.6 is 0 Å². The Morgan fingerprint density at radius 1 is 1.00 bits per heavy atom. The van der Waals surface area contributed by atoms with Crippen molar-refractivity contribution in [1.29, 1.82) is 0 Å². The van der Waals surface area contributed by atoms with Crippen molar-refractivity contribution in [3.05, 3.63) is 71.9 Å². The Hall–Kier alpha value is -3.80. The molecule has 6 heteroatoms. The van der Waals surface area contributed by atoms with Gasteiger partial charge in [0.15, 0.2) is 11.5 Å². The van der Waals surface area contributed by atoms with E-state index in [1.54, 1.807) is 24.4 Å². The lowest BCUT2D eigenvalue weighted by Gasteiger charge is -2.00. The van der Waals surface area contributed by atoms with Crippen molar-refractivity contribution in [2.75, 3.05) is 6.79 Å². The summed E-state index contributed by atoms with van der Waals surface area (Å²) in [4.78, 5) is 23.5. The summed E-state index contributed by atoms with van der Waals surface area (Å²) in [6.07, 6.45) is 7.34. The number of carboxylic acids is 1. The molecule has 1 aromatic heterocycles. The van der Waals surface area contributed by atoms with Crippen LogP contribution in [0.5, 0.6) is 11.5 Å². The van der Waals surface area contributed by atoms with E-state index in [0.29, 0.717) is 22.6 Å². The quantitative estimate of drug-likeness (QED) is 0.715.